The highest BCUT2D eigenvalue weighted by Crippen LogP contribution is 2.18. The molecule has 0 amide bonds. The molecule has 0 aromatic carbocycles. The van der Waals surface area contributed by atoms with Gasteiger partial charge in [0.25, 0.3) is 0 Å². The maximum absolute atomic E-state index is 3.36. The van der Waals surface area contributed by atoms with Crippen LogP contribution in [0.2, 0.25) is 0 Å². The van der Waals surface area contributed by atoms with Gasteiger partial charge in [0.05, 0.1) is 25.9 Å². The minimum atomic E-state index is 0. The molecule has 1 rings (SSSR count). The van der Waals surface area contributed by atoms with E-state index in [1.807, 2.05) is 11.8 Å². The van der Waals surface area contributed by atoms with Gasteiger partial charge in [-0.05, 0) is 11.8 Å². The number of rotatable bonds is 1. The molecule has 1 atom stereocenters. The zero-order valence-corrected chi connectivity index (χ0v) is 11.7. The van der Waals surface area contributed by atoms with E-state index in [0.29, 0.717) is 0 Å². The summed E-state index contributed by atoms with van der Waals surface area (Å²) in [5, 5.41) is 5.44. The van der Waals surface area contributed by atoms with Crippen LogP contribution in [0.1, 0.15) is 0 Å². The molecule has 1 aliphatic heterocycles. The van der Waals surface area contributed by atoms with E-state index in [0.717, 1.165) is 11.8 Å². The number of thioether (sulfide) groups is 1. The van der Waals surface area contributed by atoms with E-state index in [2.05, 4.69) is 46.6 Å². The maximum Gasteiger partial charge on any atom is 0.306 e. The number of nitrogens with zero attached hydrogens (tertiary/aromatic N) is 1. The van der Waals surface area contributed by atoms with Gasteiger partial charge in [-0.25, -0.2) is 0 Å². The average Bonchev–Trinajstić information content (AvgIpc) is 2.34. The molecule has 2 nitrogen and oxygen atoms in total. The summed E-state index contributed by atoms with van der Waals surface area (Å²) in [6.45, 7) is 1.13. The minimum Gasteiger partial charge on any atom is -1.00 e. The molecule has 11 heavy (non-hydrogen) atoms. The molecule has 0 spiro atoms. The third-order valence-electron chi connectivity index (χ3n) is 1.34. The second-order valence-electron chi connectivity index (χ2n) is 2.47. The monoisotopic (exact) mass is 398 g/mol. The number of halogens is 2. The normalized spacial score (nSPS) is 22.5. The lowest BCUT2D eigenvalue weighted by atomic mass is 10.5. The zero-order chi connectivity index (χ0) is 7.56. The Labute approximate surface area is 103 Å². The van der Waals surface area contributed by atoms with Crippen molar-refractivity contribution in [1.82, 2.24) is 5.32 Å². The number of hydrogen-bond acceptors (Lipinski definition) is 1. The fraction of sp³-hybridized carbons (Fsp3) is 0.833. The predicted octanol–water partition coefficient (Wildman–Crippen LogP) is -2.24. The first kappa shape index (κ1) is 12.3. The third kappa shape index (κ3) is 3.67. The summed E-state index contributed by atoms with van der Waals surface area (Å²) in [5.74, 6) is 0. The lowest BCUT2D eigenvalue weighted by molar-refractivity contribution is -0.463. The Hall–Kier alpha value is 1.28. The smallest absolute Gasteiger partial charge is 0.306 e. The zero-order valence-electron chi connectivity index (χ0n) is 6.60. The minimum absolute atomic E-state index is 0. The Morgan fingerprint density at radius 3 is 2.64 bits per heavy atom. The van der Waals surface area contributed by atoms with Crippen molar-refractivity contribution in [2.75, 3.05) is 25.1 Å². The van der Waals surface area contributed by atoms with Gasteiger partial charge in [0, 0.05) is 4.43 Å². The van der Waals surface area contributed by atoms with Gasteiger partial charge in [0.1, 0.15) is 0 Å². The van der Waals surface area contributed by atoms with E-state index in [9.17, 15) is 0 Å². The van der Waals surface area contributed by atoms with Crippen LogP contribution < -0.4 is 29.3 Å². The van der Waals surface area contributed by atoms with Crippen LogP contribution in [0.4, 0.5) is 0 Å². The fourth-order valence-corrected chi connectivity index (χ4v) is 2.57. The molecule has 1 N–H and O–H groups in total. The van der Waals surface area contributed by atoms with Crippen LogP contribution in [0.3, 0.4) is 0 Å². The topological polar surface area (TPSA) is 15.0 Å². The van der Waals surface area contributed by atoms with Crippen molar-refractivity contribution in [3.63, 3.8) is 0 Å². The first-order valence-corrected chi connectivity index (χ1v) is 5.65. The molecule has 1 fully saturated rings. The van der Waals surface area contributed by atoms with Crippen LogP contribution in [0, 0.1) is 0 Å². The summed E-state index contributed by atoms with van der Waals surface area (Å²) in [6.07, 6.45) is 0. The van der Waals surface area contributed by atoms with E-state index in [1.54, 1.807) is 0 Å². The fourth-order valence-electron chi connectivity index (χ4n) is 0.792. The molecule has 0 aliphatic carbocycles. The molecule has 0 aromatic heterocycles. The Balaban J connectivity index is 0.000001000. The molecular formula is C6H12I2N2S. The lowest BCUT2D eigenvalue weighted by Gasteiger charge is -1.94. The summed E-state index contributed by atoms with van der Waals surface area (Å²) < 4.78 is 3.36. The van der Waals surface area contributed by atoms with E-state index in [1.165, 1.54) is 9.60 Å². The van der Waals surface area contributed by atoms with Crippen LogP contribution >= 0.6 is 34.4 Å². The Bertz CT molecular complexity index is 157. The van der Waals surface area contributed by atoms with Crippen molar-refractivity contribution in [2.24, 2.45) is 0 Å². The summed E-state index contributed by atoms with van der Waals surface area (Å²) in [4.78, 5) is 0. The molecule has 0 aromatic rings. The van der Waals surface area contributed by atoms with E-state index in [-0.39, 0.29) is 24.0 Å². The highest BCUT2D eigenvalue weighted by molar-refractivity contribution is 14.1. The standard InChI is InChI=1S/C6H11IN2S.HI/c1-9(2)6-8-4-5(3-7)10-6;/h5H,3-4H2,1-2H3;1H. The number of alkyl halides is 1. The summed E-state index contributed by atoms with van der Waals surface area (Å²) in [5.41, 5.74) is 0. The molecule has 5 heteroatoms. The van der Waals surface area contributed by atoms with E-state index in [4.69, 9.17) is 0 Å². The first-order valence-electron chi connectivity index (χ1n) is 3.25. The predicted molar refractivity (Wildman–Crippen MR) is 55.4 cm³/mol. The van der Waals surface area contributed by atoms with E-state index < -0.39 is 0 Å². The molecular weight excluding hydrogens is 386 g/mol. The second-order valence-corrected chi connectivity index (χ2v) is 4.64. The highest BCUT2D eigenvalue weighted by atomic mass is 127. The number of amidine groups is 1. The van der Waals surface area contributed by atoms with Crippen LogP contribution in [0.25, 0.3) is 0 Å². The van der Waals surface area contributed by atoms with Crippen molar-refractivity contribution in [3.8, 4) is 0 Å². The summed E-state index contributed by atoms with van der Waals surface area (Å²) in [6, 6.07) is 0. The number of nitrogens with one attached hydrogen (secondary N) is 1. The largest absolute Gasteiger partial charge is 1.00 e. The van der Waals surface area contributed by atoms with Gasteiger partial charge in [0.2, 0.25) is 0 Å². The van der Waals surface area contributed by atoms with Gasteiger partial charge in [-0.2, -0.15) is 0 Å². The molecule has 0 radical (unpaired) electrons. The first-order chi connectivity index (χ1) is 4.74. The van der Waals surface area contributed by atoms with Gasteiger partial charge in [-0.15, -0.1) is 0 Å². The SMILES string of the molecule is C[N+](C)=C1NCC(CI)S1.[I-]. The van der Waals surface area contributed by atoms with Crippen LogP contribution in [0.15, 0.2) is 0 Å². The van der Waals surface area contributed by atoms with Crippen molar-refractivity contribution in [1.29, 1.82) is 0 Å². The molecule has 1 saturated heterocycles. The second kappa shape index (κ2) is 5.85. The number of hydrogen-bond donors (Lipinski definition) is 1. The van der Waals surface area contributed by atoms with Gasteiger partial charge in [0.15, 0.2) is 0 Å². The van der Waals surface area contributed by atoms with Gasteiger partial charge in [-0.3, -0.25) is 9.89 Å². The molecule has 66 valence electrons. The van der Waals surface area contributed by atoms with Crippen molar-refractivity contribution >= 4 is 39.5 Å². The molecule has 1 aliphatic rings. The van der Waals surface area contributed by atoms with Crippen molar-refractivity contribution in [3.05, 3.63) is 0 Å². The molecule has 0 saturated carbocycles. The van der Waals surface area contributed by atoms with Gasteiger partial charge < -0.3 is 24.0 Å². The van der Waals surface area contributed by atoms with Crippen LogP contribution in [-0.2, 0) is 0 Å². The van der Waals surface area contributed by atoms with Gasteiger partial charge >= 0.3 is 5.17 Å². The summed E-state index contributed by atoms with van der Waals surface area (Å²) in [7, 11) is 4.15. The molecule has 1 unspecified atom stereocenters. The van der Waals surface area contributed by atoms with Crippen molar-refractivity contribution < 1.29 is 28.6 Å². The third-order valence-corrected chi connectivity index (χ3v) is 4.40. The summed E-state index contributed by atoms with van der Waals surface area (Å²) >= 11 is 4.37. The van der Waals surface area contributed by atoms with Gasteiger partial charge in [-0.1, -0.05) is 22.6 Å². The quantitative estimate of drug-likeness (QED) is 0.306. The Morgan fingerprint density at radius 2 is 2.36 bits per heavy atom. The molecule has 0 bridgehead atoms. The Kier molecular flexibility index (Phi) is 6.53. The lowest BCUT2D eigenvalue weighted by Crippen LogP contribution is -3.00. The highest BCUT2D eigenvalue weighted by Gasteiger charge is 2.26. The maximum atomic E-state index is 3.36. The van der Waals surface area contributed by atoms with Crippen LogP contribution in [0.5, 0.6) is 0 Å². The average molecular weight is 398 g/mol. The van der Waals surface area contributed by atoms with Crippen LogP contribution in [-0.4, -0.2) is 40.1 Å². The van der Waals surface area contributed by atoms with E-state index >= 15 is 0 Å². The Morgan fingerprint density at radius 1 is 1.73 bits per heavy atom. The van der Waals surface area contributed by atoms with Crippen molar-refractivity contribution in [2.45, 2.75) is 5.25 Å². The molecule has 1 heterocycles.